The second-order valence-corrected chi connectivity index (χ2v) is 14.7. The minimum Gasteiger partial charge on any atom is -0.427 e. The molecule has 1 heterocycles. The molecule has 0 amide bonds. The van der Waals surface area contributed by atoms with Crippen molar-refractivity contribution in [3.05, 3.63) is 48.5 Å². The monoisotopic (exact) mass is 490 g/mol. The van der Waals surface area contributed by atoms with E-state index in [1.54, 1.807) is 36.8 Å². The highest BCUT2D eigenvalue weighted by Gasteiger charge is 2.39. The molecule has 0 fully saturated rings. The molecule has 188 valence electrons. The van der Waals surface area contributed by atoms with Crippen molar-refractivity contribution in [3.63, 3.8) is 0 Å². The van der Waals surface area contributed by atoms with E-state index in [-0.39, 0.29) is 11.0 Å². The van der Waals surface area contributed by atoms with Crippen molar-refractivity contribution in [2.24, 2.45) is 18.9 Å². The minimum absolute atomic E-state index is 0.0548. The fourth-order valence-electron chi connectivity index (χ4n) is 3.25. The molecule has 2 atom stereocenters. The van der Waals surface area contributed by atoms with Crippen LogP contribution in [0.1, 0.15) is 39.8 Å². The van der Waals surface area contributed by atoms with Crippen LogP contribution in [0.2, 0.25) is 18.1 Å². The van der Waals surface area contributed by atoms with Crippen LogP contribution in [0.3, 0.4) is 0 Å². The summed E-state index contributed by atoms with van der Waals surface area (Å²) in [5, 5.41) is 0.0548. The van der Waals surface area contributed by atoms with Gasteiger partial charge in [-0.15, -0.1) is 0 Å². The first-order valence-electron chi connectivity index (χ1n) is 11.6. The first-order valence-corrected chi connectivity index (χ1v) is 14.5. The standard InChI is InChI=1S/C25H38N2O6Si/c1-8-22(23(28)30-18-31-24(29)33-21-12-10-9-11-13-21)19(14-20-15-26-17-27(20)5)16-32-34(6,7)25(2,3)4/h9-13,15,17,19,22H,8,14,16,18H2,1-7H3. The number of nitrogens with zero attached hydrogens (tertiary/aromatic N) is 2. The first kappa shape index (κ1) is 27.6. The number of para-hydroxylation sites is 1. The van der Waals surface area contributed by atoms with Crippen LogP contribution in [0.25, 0.3) is 0 Å². The summed E-state index contributed by atoms with van der Waals surface area (Å²) in [7, 11) is -0.0836. The second kappa shape index (κ2) is 12.2. The van der Waals surface area contributed by atoms with Gasteiger partial charge in [-0.25, -0.2) is 9.78 Å². The number of hydrogen-bond donors (Lipinski definition) is 0. The molecular formula is C25H38N2O6Si. The van der Waals surface area contributed by atoms with Gasteiger partial charge in [0.25, 0.3) is 0 Å². The van der Waals surface area contributed by atoms with Crippen molar-refractivity contribution in [1.82, 2.24) is 9.55 Å². The van der Waals surface area contributed by atoms with Gasteiger partial charge in [0, 0.05) is 25.5 Å². The summed E-state index contributed by atoms with van der Waals surface area (Å²) in [5.74, 6) is -0.614. The molecule has 2 rings (SSSR count). The van der Waals surface area contributed by atoms with Gasteiger partial charge >= 0.3 is 12.1 Å². The molecule has 34 heavy (non-hydrogen) atoms. The Morgan fingerprint density at radius 1 is 1.12 bits per heavy atom. The first-order chi connectivity index (χ1) is 15.9. The molecule has 0 spiro atoms. The zero-order chi connectivity index (χ0) is 25.4. The molecule has 0 saturated heterocycles. The second-order valence-electron chi connectivity index (χ2n) is 9.94. The van der Waals surface area contributed by atoms with Crippen molar-refractivity contribution in [3.8, 4) is 5.75 Å². The number of aromatic nitrogens is 2. The fourth-order valence-corrected chi connectivity index (χ4v) is 4.31. The van der Waals surface area contributed by atoms with Gasteiger partial charge in [-0.2, -0.15) is 0 Å². The fraction of sp³-hybridized carbons (Fsp3) is 0.560. The summed E-state index contributed by atoms with van der Waals surface area (Å²) in [5.41, 5.74) is 1.01. The van der Waals surface area contributed by atoms with E-state index >= 15 is 0 Å². The third-order valence-corrected chi connectivity index (χ3v) is 11.0. The Bertz CT molecular complexity index is 923. The van der Waals surface area contributed by atoms with Crippen LogP contribution in [0.15, 0.2) is 42.9 Å². The third-order valence-electron chi connectivity index (χ3n) is 6.49. The lowest BCUT2D eigenvalue weighted by molar-refractivity contribution is -0.160. The van der Waals surface area contributed by atoms with E-state index in [4.69, 9.17) is 18.6 Å². The Balaban J connectivity index is 2.02. The summed E-state index contributed by atoms with van der Waals surface area (Å²) >= 11 is 0. The normalized spacial score (nSPS) is 13.7. The van der Waals surface area contributed by atoms with E-state index in [1.807, 2.05) is 24.6 Å². The molecule has 0 aliphatic heterocycles. The highest BCUT2D eigenvalue weighted by Crippen LogP contribution is 2.37. The van der Waals surface area contributed by atoms with Gasteiger partial charge in [0.2, 0.25) is 6.79 Å². The van der Waals surface area contributed by atoms with Crippen LogP contribution in [0.5, 0.6) is 5.75 Å². The Hall–Kier alpha value is -2.65. The van der Waals surface area contributed by atoms with Crippen LogP contribution >= 0.6 is 0 Å². The number of imidazole rings is 1. The molecule has 0 N–H and O–H groups in total. The SMILES string of the molecule is CCC(C(=O)OCOC(=O)Oc1ccccc1)C(CO[Si](C)(C)C(C)(C)C)Cc1cncn1C. The largest absolute Gasteiger partial charge is 0.516 e. The van der Waals surface area contributed by atoms with Crippen LogP contribution in [-0.2, 0) is 32.2 Å². The lowest BCUT2D eigenvalue weighted by Crippen LogP contribution is -2.43. The molecule has 0 aliphatic carbocycles. The highest BCUT2D eigenvalue weighted by molar-refractivity contribution is 6.74. The van der Waals surface area contributed by atoms with Crippen molar-refractivity contribution >= 4 is 20.4 Å². The van der Waals surface area contributed by atoms with Gasteiger partial charge in [-0.3, -0.25) is 4.79 Å². The molecule has 1 aromatic heterocycles. The topological polar surface area (TPSA) is 88.9 Å². The van der Waals surface area contributed by atoms with E-state index in [9.17, 15) is 9.59 Å². The predicted molar refractivity (Wildman–Crippen MR) is 132 cm³/mol. The van der Waals surface area contributed by atoms with Crippen LogP contribution in [0, 0.1) is 11.8 Å². The average molecular weight is 491 g/mol. The zero-order valence-electron chi connectivity index (χ0n) is 21.4. The Morgan fingerprint density at radius 3 is 2.35 bits per heavy atom. The molecular weight excluding hydrogens is 452 g/mol. The van der Waals surface area contributed by atoms with E-state index in [1.165, 1.54) is 0 Å². The minimum atomic E-state index is -2.01. The zero-order valence-corrected chi connectivity index (χ0v) is 22.4. The third kappa shape index (κ3) is 7.98. The van der Waals surface area contributed by atoms with Gasteiger partial charge < -0.3 is 23.2 Å². The van der Waals surface area contributed by atoms with Gasteiger partial charge in [0.05, 0.1) is 12.2 Å². The summed E-state index contributed by atoms with van der Waals surface area (Å²) in [4.78, 5) is 29.0. The number of benzene rings is 1. The van der Waals surface area contributed by atoms with Crippen molar-refractivity contribution in [2.75, 3.05) is 13.4 Å². The van der Waals surface area contributed by atoms with Gasteiger partial charge in [-0.1, -0.05) is 45.9 Å². The molecule has 1 aromatic carbocycles. The van der Waals surface area contributed by atoms with E-state index in [2.05, 4.69) is 38.8 Å². The maximum Gasteiger partial charge on any atom is 0.516 e. The number of hydrogen-bond acceptors (Lipinski definition) is 7. The molecule has 0 radical (unpaired) electrons. The Morgan fingerprint density at radius 2 is 1.79 bits per heavy atom. The van der Waals surface area contributed by atoms with Crippen LogP contribution < -0.4 is 4.74 Å². The lowest BCUT2D eigenvalue weighted by atomic mass is 9.87. The number of aryl methyl sites for hydroxylation is 1. The van der Waals surface area contributed by atoms with Crippen LogP contribution in [0.4, 0.5) is 4.79 Å². The lowest BCUT2D eigenvalue weighted by Gasteiger charge is -2.38. The smallest absolute Gasteiger partial charge is 0.427 e. The van der Waals surface area contributed by atoms with E-state index < -0.39 is 33.2 Å². The summed E-state index contributed by atoms with van der Waals surface area (Å²) < 4.78 is 23.7. The number of ether oxygens (including phenoxy) is 3. The van der Waals surface area contributed by atoms with E-state index in [0.29, 0.717) is 25.2 Å². The number of esters is 1. The van der Waals surface area contributed by atoms with Crippen molar-refractivity contribution in [1.29, 1.82) is 0 Å². The van der Waals surface area contributed by atoms with Crippen LogP contribution in [-0.4, -0.2) is 43.4 Å². The molecule has 0 aliphatic rings. The van der Waals surface area contributed by atoms with Crippen molar-refractivity contribution in [2.45, 2.75) is 58.7 Å². The Kier molecular flexibility index (Phi) is 9.87. The molecule has 9 heteroatoms. The maximum absolute atomic E-state index is 13.0. The van der Waals surface area contributed by atoms with Crippen molar-refractivity contribution < 1.29 is 28.2 Å². The Labute approximate surface area is 203 Å². The van der Waals surface area contributed by atoms with Gasteiger partial charge in [0.1, 0.15) is 5.75 Å². The number of carbonyl (C=O) groups is 2. The number of carbonyl (C=O) groups excluding carboxylic acids is 2. The molecule has 2 aromatic rings. The van der Waals surface area contributed by atoms with Gasteiger partial charge in [0.15, 0.2) is 8.32 Å². The quantitative estimate of drug-likeness (QED) is 0.182. The maximum atomic E-state index is 13.0. The van der Waals surface area contributed by atoms with Gasteiger partial charge in [-0.05, 0) is 49.0 Å². The molecule has 2 unspecified atom stereocenters. The summed E-state index contributed by atoms with van der Waals surface area (Å²) in [6.07, 6.45) is 3.80. The average Bonchev–Trinajstić information content (AvgIpc) is 3.16. The number of rotatable bonds is 11. The summed E-state index contributed by atoms with van der Waals surface area (Å²) in [6.45, 7) is 12.8. The summed E-state index contributed by atoms with van der Waals surface area (Å²) in [6, 6.07) is 8.55. The molecule has 0 saturated carbocycles. The molecule has 0 bridgehead atoms. The van der Waals surface area contributed by atoms with E-state index in [0.717, 1.165) is 5.69 Å². The predicted octanol–water partition coefficient (Wildman–Crippen LogP) is 5.34. The highest BCUT2D eigenvalue weighted by atomic mass is 28.4. The molecule has 8 nitrogen and oxygen atoms in total.